The number of para-hydroxylation sites is 1. The number of nitrogens with two attached hydrogens (primary N) is 1. The van der Waals surface area contributed by atoms with Crippen molar-refractivity contribution in [2.45, 2.75) is 45.8 Å². The predicted molar refractivity (Wildman–Crippen MR) is 82.2 cm³/mol. The minimum atomic E-state index is -0.248. The Hall–Kier alpha value is -1.46. The minimum Gasteiger partial charge on any atom is -0.491 e. The van der Waals surface area contributed by atoms with Crippen molar-refractivity contribution in [2.75, 3.05) is 0 Å². The lowest BCUT2D eigenvalue weighted by Gasteiger charge is -2.18. The van der Waals surface area contributed by atoms with Gasteiger partial charge in [-0.15, -0.1) is 5.10 Å². The quantitative estimate of drug-likeness (QED) is 0.916. The van der Waals surface area contributed by atoms with Crippen LogP contribution in [0.25, 0.3) is 0 Å². The molecule has 20 heavy (non-hydrogen) atoms. The van der Waals surface area contributed by atoms with Gasteiger partial charge in [-0.25, -0.2) is 0 Å². The molecule has 1 aromatic heterocycles. The number of benzene rings is 1. The van der Waals surface area contributed by atoms with E-state index in [4.69, 9.17) is 10.5 Å². The van der Waals surface area contributed by atoms with E-state index in [-0.39, 0.29) is 12.1 Å². The van der Waals surface area contributed by atoms with Gasteiger partial charge in [0.25, 0.3) is 0 Å². The first-order chi connectivity index (χ1) is 9.50. The smallest absolute Gasteiger partial charge is 0.124 e. The van der Waals surface area contributed by atoms with E-state index in [9.17, 15) is 0 Å². The molecule has 1 atom stereocenters. The summed E-state index contributed by atoms with van der Waals surface area (Å²) in [6.45, 7) is 8.22. The molecule has 0 bridgehead atoms. The maximum Gasteiger partial charge on any atom is 0.124 e. The molecular weight excluding hydrogens is 270 g/mol. The number of hydrogen-bond acceptors (Lipinski definition) is 5. The van der Waals surface area contributed by atoms with Crippen molar-refractivity contribution in [3.63, 3.8) is 0 Å². The first-order valence-electron chi connectivity index (χ1n) is 6.84. The summed E-state index contributed by atoms with van der Waals surface area (Å²) in [6, 6.07) is 7.65. The van der Waals surface area contributed by atoms with Gasteiger partial charge in [0, 0.05) is 5.56 Å². The lowest BCUT2D eigenvalue weighted by Crippen LogP contribution is -2.16. The summed E-state index contributed by atoms with van der Waals surface area (Å²) in [5.74, 6) is 1.14. The van der Waals surface area contributed by atoms with Gasteiger partial charge < -0.3 is 10.5 Å². The zero-order valence-corrected chi connectivity index (χ0v) is 13.1. The summed E-state index contributed by atoms with van der Waals surface area (Å²) in [5.41, 5.74) is 8.38. The molecule has 0 fully saturated rings. The second-order valence-corrected chi connectivity index (χ2v) is 6.14. The fraction of sp³-hybridized carbons (Fsp3) is 0.467. The van der Waals surface area contributed by atoms with Crippen LogP contribution in [0.15, 0.2) is 24.3 Å². The number of aromatic nitrogens is 2. The van der Waals surface area contributed by atoms with Crippen LogP contribution in [0.5, 0.6) is 5.75 Å². The molecule has 0 aliphatic heterocycles. The molecule has 0 aliphatic rings. The van der Waals surface area contributed by atoms with Crippen LogP contribution in [0, 0.1) is 0 Å². The predicted octanol–water partition coefficient (Wildman–Crippen LogP) is 3.50. The molecule has 0 aliphatic carbocycles. The monoisotopic (exact) mass is 291 g/mol. The molecule has 1 heterocycles. The third-order valence-corrected chi connectivity index (χ3v) is 3.81. The van der Waals surface area contributed by atoms with E-state index < -0.39 is 0 Å². The van der Waals surface area contributed by atoms with Crippen LogP contribution < -0.4 is 10.5 Å². The maximum absolute atomic E-state index is 6.43. The normalized spacial score (nSPS) is 12.9. The van der Waals surface area contributed by atoms with E-state index >= 15 is 0 Å². The van der Waals surface area contributed by atoms with Crippen molar-refractivity contribution in [3.05, 3.63) is 40.4 Å². The summed E-state index contributed by atoms with van der Waals surface area (Å²) in [7, 11) is 0. The van der Waals surface area contributed by atoms with Crippen LogP contribution in [0.4, 0.5) is 0 Å². The zero-order chi connectivity index (χ0) is 14.7. The summed E-state index contributed by atoms with van der Waals surface area (Å²) < 4.78 is 9.90. The van der Waals surface area contributed by atoms with Gasteiger partial charge in [0.2, 0.25) is 0 Å². The zero-order valence-electron chi connectivity index (χ0n) is 12.3. The van der Waals surface area contributed by atoms with E-state index in [0.717, 1.165) is 21.9 Å². The summed E-state index contributed by atoms with van der Waals surface area (Å²) in [6.07, 6.45) is 0.118. The molecular formula is C15H21N3OS. The molecule has 2 aromatic rings. The Bertz CT molecular complexity index is 566. The van der Waals surface area contributed by atoms with Crippen molar-refractivity contribution < 1.29 is 4.74 Å². The molecule has 5 heteroatoms. The Morgan fingerprint density at radius 1 is 1.15 bits per heavy atom. The molecule has 0 spiro atoms. The highest BCUT2D eigenvalue weighted by Gasteiger charge is 2.22. The van der Waals surface area contributed by atoms with Crippen molar-refractivity contribution >= 4 is 11.5 Å². The number of hydrogen-bond donors (Lipinski definition) is 1. The molecule has 1 unspecified atom stereocenters. The summed E-state index contributed by atoms with van der Waals surface area (Å²) in [5, 5.41) is 4.20. The highest BCUT2D eigenvalue weighted by Crippen LogP contribution is 2.33. The Morgan fingerprint density at radius 2 is 1.85 bits per heavy atom. The molecule has 0 saturated carbocycles. The van der Waals surface area contributed by atoms with E-state index in [1.807, 2.05) is 38.1 Å². The third kappa shape index (κ3) is 3.16. The van der Waals surface area contributed by atoms with E-state index in [0.29, 0.717) is 5.92 Å². The van der Waals surface area contributed by atoms with E-state index in [1.54, 1.807) is 0 Å². The number of rotatable bonds is 5. The summed E-state index contributed by atoms with van der Waals surface area (Å²) in [4.78, 5) is 1.01. The largest absolute Gasteiger partial charge is 0.491 e. The average molecular weight is 291 g/mol. The van der Waals surface area contributed by atoms with Gasteiger partial charge in [-0.3, -0.25) is 0 Å². The second-order valence-electron chi connectivity index (χ2n) is 5.36. The van der Waals surface area contributed by atoms with Gasteiger partial charge in [0.15, 0.2) is 0 Å². The van der Waals surface area contributed by atoms with Crippen LogP contribution >= 0.6 is 11.5 Å². The molecule has 2 N–H and O–H groups in total. The highest BCUT2D eigenvalue weighted by atomic mass is 32.1. The lowest BCUT2D eigenvalue weighted by molar-refractivity contribution is 0.239. The molecule has 0 amide bonds. The van der Waals surface area contributed by atoms with Crippen LogP contribution in [-0.4, -0.2) is 15.7 Å². The lowest BCUT2D eigenvalue weighted by atomic mass is 10.00. The molecule has 0 radical (unpaired) electrons. The molecule has 4 nitrogen and oxygen atoms in total. The van der Waals surface area contributed by atoms with Gasteiger partial charge in [-0.05, 0) is 37.4 Å². The van der Waals surface area contributed by atoms with Crippen LogP contribution in [0.2, 0.25) is 0 Å². The minimum absolute atomic E-state index is 0.118. The van der Waals surface area contributed by atoms with Gasteiger partial charge >= 0.3 is 0 Å². The first kappa shape index (κ1) is 14.9. The van der Waals surface area contributed by atoms with Crippen molar-refractivity contribution in [1.82, 2.24) is 9.59 Å². The number of ether oxygens (including phenoxy) is 1. The first-order valence-corrected chi connectivity index (χ1v) is 7.61. The average Bonchev–Trinajstić information content (AvgIpc) is 2.87. The van der Waals surface area contributed by atoms with Gasteiger partial charge in [0.05, 0.1) is 22.7 Å². The SMILES string of the molecule is CC(C)Oc1ccccc1C(N)c1snnc1C(C)C. The van der Waals surface area contributed by atoms with Gasteiger partial charge in [-0.1, -0.05) is 36.5 Å². The Balaban J connectivity index is 2.38. The summed E-state index contributed by atoms with van der Waals surface area (Å²) >= 11 is 1.37. The standard InChI is InChI=1S/C15H21N3OS/c1-9(2)14-15(20-18-17-14)13(16)11-7-5-6-8-12(11)19-10(3)4/h5-10,13H,16H2,1-4H3. The van der Waals surface area contributed by atoms with E-state index in [1.165, 1.54) is 11.5 Å². The van der Waals surface area contributed by atoms with Crippen LogP contribution in [0.3, 0.4) is 0 Å². The molecule has 0 saturated heterocycles. The van der Waals surface area contributed by atoms with Crippen molar-refractivity contribution in [2.24, 2.45) is 5.73 Å². The van der Waals surface area contributed by atoms with Gasteiger partial charge in [-0.2, -0.15) is 0 Å². The van der Waals surface area contributed by atoms with E-state index in [2.05, 4.69) is 23.4 Å². The Labute approximate surface area is 124 Å². The maximum atomic E-state index is 6.43. The van der Waals surface area contributed by atoms with Crippen LogP contribution in [-0.2, 0) is 0 Å². The molecule has 2 rings (SSSR count). The van der Waals surface area contributed by atoms with Crippen molar-refractivity contribution in [3.8, 4) is 5.75 Å². The fourth-order valence-electron chi connectivity index (χ4n) is 2.06. The highest BCUT2D eigenvalue weighted by molar-refractivity contribution is 7.05. The Kier molecular flexibility index (Phi) is 4.73. The van der Waals surface area contributed by atoms with Crippen molar-refractivity contribution in [1.29, 1.82) is 0 Å². The second kappa shape index (κ2) is 6.33. The fourth-order valence-corrected chi connectivity index (χ4v) is 2.89. The molecule has 108 valence electrons. The Morgan fingerprint density at radius 3 is 2.50 bits per heavy atom. The van der Waals surface area contributed by atoms with Crippen LogP contribution in [0.1, 0.15) is 55.8 Å². The topological polar surface area (TPSA) is 61.0 Å². The third-order valence-electron chi connectivity index (χ3n) is 2.99. The van der Waals surface area contributed by atoms with Gasteiger partial charge in [0.1, 0.15) is 5.75 Å². The molecule has 1 aromatic carbocycles. The number of nitrogens with zero attached hydrogens (tertiary/aromatic N) is 2.